The van der Waals surface area contributed by atoms with E-state index >= 15 is 0 Å². The molecule has 2 aromatic rings. The van der Waals surface area contributed by atoms with Crippen molar-refractivity contribution in [2.75, 3.05) is 19.4 Å². The zero-order valence-corrected chi connectivity index (χ0v) is 14.6. The van der Waals surface area contributed by atoms with Crippen LogP contribution in [0.2, 0.25) is 5.02 Å². The number of sulfonamides is 1. The minimum absolute atomic E-state index is 0.177. The Morgan fingerprint density at radius 2 is 1.88 bits per heavy atom. The molecule has 0 fully saturated rings. The highest BCUT2D eigenvalue weighted by molar-refractivity contribution is 7.89. The van der Waals surface area contributed by atoms with Gasteiger partial charge in [-0.1, -0.05) is 29.8 Å². The third-order valence-electron chi connectivity index (χ3n) is 3.71. The number of benzene rings is 2. The third-order valence-corrected chi connectivity index (χ3v) is 5.76. The summed E-state index contributed by atoms with van der Waals surface area (Å²) < 4.78 is 25.6. The first kappa shape index (κ1) is 16.7. The molecule has 24 heavy (non-hydrogen) atoms. The van der Waals surface area contributed by atoms with E-state index in [0.717, 1.165) is 9.87 Å². The molecule has 7 heteroatoms. The molecule has 1 aliphatic heterocycles. The minimum Gasteiger partial charge on any atom is -0.321 e. The molecular formula is C17H15ClN2O3S. The van der Waals surface area contributed by atoms with Gasteiger partial charge in [-0.05, 0) is 35.9 Å². The van der Waals surface area contributed by atoms with Gasteiger partial charge in [0.1, 0.15) is 0 Å². The first-order valence-corrected chi connectivity index (χ1v) is 8.96. The SMILES string of the molecule is CN(C)S(=O)(=O)c1cccc(C=C2C(=O)Nc3cc(Cl)ccc32)c1. The van der Waals surface area contributed by atoms with Crippen LogP contribution >= 0.6 is 11.6 Å². The number of nitrogens with zero attached hydrogens (tertiary/aromatic N) is 1. The van der Waals surface area contributed by atoms with E-state index in [1.54, 1.807) is 42.5 Å². The van der Waals surface area contributed by atoms with Crippen LogP contribution in [0, 0.1) is 0 Å². The Bertz CT molecular complexity index is 966. The lowest BCUT2D eigenvalue weighted by molar-refractivity contribution is -0.110. The molecule has 0 saturated heterocycles. The lowest BCUT2D eigenvalue weighted by Crippen LogP contribution is -2.22. The van der Waals surface area contributed by atoms with E-state index in [0.29, 0.717) is 21.8 Å². The van der Waals surface area contributed by atoms with Crippen LogP contribution < -0.4 is 5.32 Å². The van der Waals surface area contributed by atoms with Crippen LogP contribution in [0.25, 0.3) is 11.6 Å². The van der Waals surface area contributed by atoms with Crippen LogP contribution in [0.3, 0.4) is 0 Å². The van der Waals surface area contributed by atoms with E-state index in [2.05, 4.69) is 5.32 Å². The maximum Gasteiger partial charge on any atom is 0.256 e. The minimum atomic E-state index is -3.53. The molecule has 1 amide bonds. The Kier molecular flexibility index (Phi) is 4.21. The second kappa shape index (κ2) is 6.05. The highest BCUT2D eigenvalue weighted by atomic mass is 35.5. The largest absolute Gasteiger partial charge is 0.321 e. The Morgan fingerprint density at radius 1 is 1.12 bits per heavy atom. The summed E-state index contributed by atoms with van der Waals surface area (Å²) in [6.45, 7) is 0. The number of halogens is 1. The summed E-state index contributed by atoms with van der Waals surface area (Å²) in [6.07, 6.45) is 1.67. The predicted octanol–water partition coefficient (Wildman–Crippen LogP) is 3.08. The molecule has 1 N–H and O–H groups in total. The van der Waals surface area contributed by atoms with Gasteiger partial charge in [0.2, 0.25) is 10.0 Å². The molecule has 2 aromatic carbocycles. The summed E-state index contributed by atoms with van der Waals surface area (Å²) in [4.78, 5) is 12.4. The van der Waals surface area contributed by atoms with Gasteiger partial charge >= 0.3 is 0 Å². The van der Waals surface area contributed by atoms with Crippen molar-refractivity contribution < 1.29 is 13.2 Å². The van der Waals surface area contributed by atoms with Crippen molar-refractivity contribution in [1.82, 2.24) is 4.31 Å². The average Bonchev–Trinajstić information content (AvgIpc) is 2.82. The molecule has 0 radical (unpaired) electrons. The fourth-order valence-corrected chi connectivity index (χ4v) is 3.58. The summed E-state index contributed by atoms with van der Waals surface area (Å²) in [5.41, 5.74) is 2.49. The normalized spacial score (nSPS) is 15.7. The van der Waals surface area contributed by atoms with Crippen molar-refractivity contribution in [2.24, 2.45) is 0 Å². The average molecular weight is 363 g/mol. The van der Waals surface area contributed by atoms with Crippen molar-refractivity contribution in [3.63, 3.8) is 0 Å². The van der Waals surface area contributed by atoms with Gasteiger partial charge in [-0.2, -0.15) is 0 Å². The Morgan fingerprint density at radius 3 is 2.58 bits per heavy atom. The second-order valence-electron chi connectivity index (χ2n) is 5.56. The number of carbonyl (C=O) groups is 1. The van der Waals surface area contributed by atoms with E-state index in [9.17, 15) is 13.2 Å². The van der Waals surface area contributed by atoms with Crippen LogP contribution in [0.4, 0.5) is 5.69 Å². The third kappa shape index (κ3) is 2.96. The lowest BCUT2D eigenvalue weighted by atomic mass is 10.0. The van der Waals surface area contributed by atoms with Crippen molar-refractivity contribution in [3.8, 4) is 0 Å². The summed E-state index contributed by atoms with van der Waals surface area (Å²) in [6, 6.07) is 11.6. The van der Waals surface area contributed by atoms with Gasteiger partial charge in [0.15, 0.2) is 0 Å². The molecular weight excluding hydrogens is 348 g/mol. The second-order valence-corrected chi connectivity index (χ2v) is 8.15. The molecule has 0 bridgehead atoms. The van der Waals surface area contributed by atoms with E-state index in [-0.39, 0.29) is 10.8 Å². The highest BCUT2D eigenvalue weighted by Gasteiger charge is 2.24. The lowest BCUT2D eigenvalue weighted by Gasteiger charge is -2.11. The molecule has 124 valence electrons. The molecule has 0 aromatic heterocycles. The van der Waals surface area contributed by atoms with Crippen molar-refractivity contribution in [1.29, 1.82) is 0 Å². The van der Waals surface area contributed by atoms with Gasteiger partial charge in [-0.15, -0.1) is 0 Å². The van der Waals surface area contributed by atoms with E-state index in [1.807, 2.05) is 0 Å². The maximum atomic E-state index is 12.2. The molecule has 0 atom stereocenters. The number of rotatable bonds is 3. The van der Waals surface area contributed by atoms with Gasteiger partial charge in [-0.25, -0.2) is 12.7 Å². The first-order chi connectivity index (χ1) is 11.3. The standard InChI is InChI=1S/C17H15ClN2O3S/c1-20(2)24(22,23)13-5-3-4-11(8-13)9-15-14-7-6-12(18)10-16(14)19-17(15)21/h3-10H,1-2H3,(H,19,21). The van der Waals surface area contributed by atoms with E-state index < -0.39 is 10.0 Å². The monoisotopic (exact) mass is 362 g/mol. The number of carbonyl (C=O) groups excluding carboxylic acids is 1. The van der Waals surface area contributed by atoms with Crippen molar-refractivity contribution in [3.05, 3.63) is 58.6 Å². The molecule has 1 aliphatic rings. The zero-order valence-electron chi connectivity index (χ0n) is 13.1. The number of hydrogen-bond acceptors (Lipinski definition) is 3. The number of anilines is 1. The molecule has 3 rings (SSSR count). The summed E-state index contributed by atoms with van der Waals surface area (Å²) >= 11 is 5.94. The topological polar surface area (TPSA) is 66.5 Å². The highest BCUT2D eigenvalue weighted by Crippen LogP contribution is 2.35. The van der Waals surface area contributed by atoms with Gasteiger partial charge in [0.25, 0.3) is 5.91 Å². The smallest absolute Gasteiger partial charge is 0.256 e. The number of nitrogens with one attached hydrogen (secondary N) is 1. The molecule has 0 saturated carbocycles. The van der Waals surface area contributed by atoms with E-state index in [4.69, 9.17) is 11.6 Å². The molecule has 0 unspecified atom stereocenters. The first-order valence-electron chi connectivity index (χ1n) is 7.14. The number of fused-ring (bicyclic) bond motifs is 1. The Hall–Kier alpha value is -2.15. The van der Waals surface area contributed by atoms with Gasteiger partial charge in [-0.3, -0.25) is 4.79 Å². The van der Waals surface area contributed by atoms with Crippen LogP contribution in [0.1, 0.15) is 11.1 Å². The summed E-state index contributed by atoms with van der Waals surface area (Å²) in [5, 5.41) is 3.29. The maximum absolute atomic E-state index is 12.2. The van der Waals surface area contributed by atoms with Crippen molar-refractivity contribution in [2.45, 2.75) is 4.90 Å². The number of hydrogen-bond donors (Lipinski definition) is 1. The van der Waals surface area contributed by atoms with Crippen LogP contribution in [-0.2, 0) is 14.8 Å². The summed E-state index contributed by atoms with van der Waals surface area (Å²) in [5.74, 6) is -0.242. The Labute approximate surface area is 145 Å². The molecule has 5 nitrogen and oxygen atoms in total. The van der Waals surface area contributed by atoms with Crippen molar-refractivity contribution >= 4 is 44.9 Å². The van der Waals surface area contributed by atoms with Crippen LogP contribution in [-0.4, -0.2) is 32.7 Å². The van der Waals surface area contributed by atoms with Crippen LogP contribution in [0.15, 0.2) is 47.4 Å². The van der Waals surface area contributed by atoms with Gasteiger partial charge in [0.05, 0.1) is 10.6 Å². The quantitative estimate of drug-likeness (QED) is 0.853. The molecule has 0 aliphatic carbocycles. The predicted molar refractivity (Wildman–Crippen MR) is 95.3 cm³/mol. The Balaban J connectivity index is 2.06. The summed E-state index contributed by atoms with van der Waals surface area (Å²) in [7, 11) is -0.572. The zero-order chi connectivity index (χ0) is 17.5. The number of amides is 1. The fourth-order valence-electron chi connectivity index (χ4n) is 2.45. The molecule has 0 spiro atoms. The van der Waals surface area contributed by atoms with E-state index in [1.165, 1.54) is 20.2 Å². The van der Waals surface area contributed by atoms with Gasteiger partial charge < -0.3 is 5.32 Å². The fraction of sp³-hybridized carbons (Fsp3) is 0.118. The molecule has 1 heterocycles. The van der Waals surface area contributed by atoms with Crippen LogP contribution in [0.5, 0.6) is 0 Å². The van der Waals surface area contributed by atoms with Gasteiger partial charge in [0, 0.05) is 30.3 Å².